The normalized spacial score (nSPS) is 10.7. The molecular formula is C22H21N3O4. The molecule has 7 nitrogen and oxygen atoms in total. The van der Waals surface area contributed by atoms with E-state index in [1.54, 1.807) is 25.5 Å². The molecule has 0 aliphatic rings. The maximum absolute atomic E-state index is 10.7. The molecule has 0 aliphatic carbocycles. The Bertz CT molecular complexity index is 987. The van der Waals surface area contributed by atoms with Crippen molar-refractivity contribution in [2.24, 2.45) is 5.10 Å². The van der Waals surface area contributed by atoms with E-state index >= 15 is 0 Å². The first kappa shape index (κ1) is 19.9. The predicted molar refractivity (Wildman–Crippen MR) is 111 cm³/mol. The molecule has 0 saturated heterocycles. The van der Waals surface area contributed by atoms with Crippen LogP contribution in [0.25, 0.3) is 0 Å². The summed E-state index contributed by atoms with van der Waals surface area (Å²) in [6.07, 6.45) is 1.72. The molecule has 0 atom stereocenters. The summed E-state index contributed by atoms with van der Waals surface area (Å²) < 4.78 is 11.1. The molecule has 0 heterocycles. The molecule has 0 aliphatic heterocycles. The monoisotopic (exact) mass is 391 g/mol. The Morgan fingerprint density at radius 2 is 1.86 bits per heavy atom. The number of non-ortho nitro benzene ring substituents is 1. The minimum atomic E-state index is -0.421. The van der Waals surface area contributed by atoms with Gasteiger partial charge in [-0.1, -0.05) is 30.3 Å². The summed E-state index contributed by atoms with van der Waals surface area (Å²) in [5, 5.41) is 14.9. The van der Waals surface area contributed by atoms with Crippen LogP contribution in [-0.2, 0) is 13.2 Å². The third-order valence-electron chi connectivity index (χ3n) is 4.18. The Hall–Kier alpha value is -3.87. The van der Waals surface area contributed by atoms with Gasteiger partial charge in [0, 0.05) is 17.7 Å². The third kappa shape index (κ3) is 5.80. The number of para-hydroxylation sites is 1. The number of methoxy groups -OCH3 is 1. The van der Waals surface area contributed by atoms with Crippen LogP contribution in [0.5, 0.6) is 11.5 Å². The Kier molecular flexibility index (Phi) is 6.78. The molecule has 3 aromatic carbocycles. The number of nitro benzene ring substituents is 1. The number of nitrogens with one attached hydrogen (secondary N) is 1. The number of benzene rings is 3. The van der Waals surface area contributed by atoms with E-state index in [0.717, 1.165) is 22.4 Å². The van der Waals surface area contributed by atoms with E-state index < -0.39 is 4.92 Å². The Labute approximate surface area is 168 Å². The van der Waals surface area contributed by atoms with Crippen LogP contribution in [0.15, 0.2) is 77.9 Å². The van der Waals surface area contributed by atoms with Crippen LogP contribution in [0.4, 0.5) is 5.69 Å². The van der Waals surface area contributed by atoms with Crippen molar-refractivity contribution >= 4 is 11.9 Å². The van der Waals surface area contributed by atoms with Gasteiger partial charge in [0.05, 0.1) is 24.8 Å². The van der Waals surface area contributed by atoms with Gasteiger partial charge >= 0.3 is 0 Å². The number of nitro groups is 1. The summed E-state index contributed by atoms with van der Waals surface area (Å²) in [5.74, 6) is 1.51. The zero-order chi connectivity index (χ0) is 20.5. The summed E-state index contributed by atoms with van der Waals surface area (Å²) in [7, 11) is 1.64. The van der Waals surface area contributed by atoms with Crippen LogP contribution in [0.2, 0.25) is 0 Å². The lowest BCUT2D eigenvalue weighted by molar-refractivity contribution is -0.384. The van der Waals surface area contributed by atoms with Crippen molar-refractivity contribution in [2.45, 2.75) is 13.2 Å². The average molecular weight is 391 g/mol. The lowest BCUT2D eigenvalue weighted by atomic mass is 10.2. The van der Waals surface area contributed by atoms with E-state index in [4.69, 9.17) is 9.47 Å². The number of rotatable bonds is 9. The highest BCUT2D eigenvalue weighted by molar-refractivity contribution is 5.79. The molecule has 0 unspecified atom stereocenters. The molecule has 3 aromatic rings. The van der Waals surface area contributed by atoms with Gasteiger partial charge < -0.3 is 14.9 Å². The van der Waals surface area contributed by atoms with Crippen molar-refractivity contribution in [1.82, 2.24) is 5.43 Å². The maximum Gasteiger partial charge on any atom is 0.269 e. The zero-order valence-electron chi connectivity index (χ0n) is 15.9. The molecule has 0 saturated carbocycles. The smallest absolute Gasteiger partial charge is 0.269 e. The van der Waals surface area contributed by atoms with Crippen molar-refractivity contribution in [3.05, 3.63) is 99.6 Å². The van der Waals surface area contributed by atoms with E-state index in [9.17, 15) is 10.1 Å². The fraction of sp³-hybridized carbons (Fsp3) is 0.136. The predicted octanol–water partition coefficient (Wildman–Crippen LogP) is 4.31. The summed E-state index contributed by atoms with van der Waals surface area (Å²) in [5.41, 5.74) is 5.84. The molecule has 0 amide bonds. The molecule has 0 spiro atoms. The second-order valence-corrected chi connectivity index (χ2v) is 6.19. The highest BCUT2D eigenvalue weighted by Gasteiger charge is 2.04. The quantitative estimate of drug-likeness (QED) is 0.334. The first-order chi connectivity index (χ1) is 14.2. The average Bonchev–Trinajstić information content (AvgIpc) is 2.76. The summed E-state index contributed by atoms with van der Waals surface area (Å²) in [4.78, 5) is 10.3. The second kappa shape index (κ2) is 9.89. The third-order valence-corrected chi connectivity index (χ3v) is 4.18. The molecule has 0 bridgehead atoms. The van der Waals surface area contributed by atoms with Crippen molar-refractivity contribution in [3.63, 3.8) is 0 Å². The van der Waals surface area contributed by atoms with Crippen LogP contribution in [-0.4, -0.2) is 18.2 Å². The van der Waals surface area contributed by atoms with Gasteiger partial charge in [0.25, 0.3) is 5.69 Å². The van der Waals surface area contributed by atoms with Crippen molar-refractivity contribution < 1.29 is 14.4 Å². The van der Waals surface area contributed by atoms with Gasteiger partial charge in [0.1, 0.15) is 18.1 Å². The minimum Gasteiger partial charge on any atom is -0.496 e. The molecule has 29 heavy (non-hydrogen) atoms. The van der Waals surface area contributed by atoms with Gasteiger partial charge in [-0.15, -0.1) is 0 Å². The topological polar surface area (TPSA) is 86.0 Å². The van der Waals surface area contributed by atoms with E-state index in [2.05, 4.69) is 10.5 Å². The van der Waals surface area contributed by atoms with Gasteiger partial charge in [-0.05, 0) is 41.5 Å². The maximum atomic E-state index is 10.7. The Morgan fingerprint density at radius 3 is 2.62 bits per heavy atom. The Balaban J connectivity index is 1.53. The molecule has 0 radical (unpaired) electrons. The molecule has 7 heteroatoms. The SMILES string of the molecule is COc1ccccc1CN/N=C/c1cccc(OCc2ccc([N+](=O)[O-])cc2)c1. The fourth-order valence-electron chi connectivity index (χ4n) is 2.67. The van der Waals surface area contributed by atoms with Crippen LogP contribution in [0.1, 0.15) is 16.7 Å². The van der Waals surface area contributed by atoms with Gasteiger partial charge in [-0.2, -0.15) is 5.10 Å². The molecular weight excluding hydrogens is 370 g/mol. The molecule has 3 rings (SSSR count). The van der Waals surface area contributed by atoms with E-state index in [-0.39, 0.29) is 5.69 Å². The molecule has 1 N–H and O–H groups in total. The molecule has 0 fully saturated rings. The van der Waals surface area contributed by atoms with Crippen molar-refractivity contribution in [2.75, 3.05) is 7.11 Å². The first-order valence-electron chi connectivity index (χ1n) is 9.00. The lowest BCUT2D eigenvalue weighted by Gasteiger charge is -2.08. The minimum absolute atomic E-state index is 0.0626. The van der Waals surface area contributed by atoms with E-state index in [1.165, 1.54) is 12.1 Å². The zero-order valence-corrected chi connectivity index (χ0v) is 15.9. The van der Waals surface area contributed by atoms with Crippen LogP contribution >= 0.6 is 0 Å². The summed E-state index contributed by atoms with van der Waals surface area (Å²) in [6, 6.07) is 21.6. The summed E-state index contributed by atoms with van der Waals surface area (Å²) >= 11 is 0. The Morgan fingerprint density at radius 1 is 1.07 bits per heavy atom. The number of hydrogen-bond donors (Lipinski definition) is 1. The fourth-order valence-corrected chi connectivity index (χ4v) is 2.67. The number of hydrogen-bond acceptors (Lipinski definition) is 6. The van der Waals surface area contributed by atoms with Gasteiger partial charge in [-0.25, -0.2) is 0 Å². The lowest BCUT2D eigenvalue weighted by Crippen LogP contribution is -2.06. The standard InChI is InChI=1S/C22H21N3O4/c1-28-22-8-3-2-6-19(22)15-24-23-14-18-5-4-7-21(13-18)29-16-17-9-11-20(12-10-17)25(26)27/h2-14,24H,15-16H2,1H3/b23-14+. The highest BCUT2D eigenvalue weighted by Crippen LogP contribution is 2.18. The largest absolute Gasteiger partial charge is 0.496 e. The van der Waals surface area contributed by atoms with Crippen LogP contribution < -0.4 is 14.9 Å². The summed E-state index contributed by atoms with van der Waals surface area (Å²) in [6.45, 7) is 0.876. The van der Waals surface area contributed by atoms with E-state index in [0.29, 0.717) is 18.9 Å². The number of hydrazone groups is 1. The van der Waals surface area contributed by atoms with E-state index in [1.807, 2.05) is 48.5 Å². The molecule has 148 valence electrons. The number of nitrogens with zero attached hydrogens (tertiary/aromatic N) is 2. The van der Waals surface area contributed by atoms with Crippen LogP contribution in [0.3, 0.4) is 0 Å². The molecule has 0 aromatic heterocycles. The van der Waals surface area contributed by atoms with Crippen molar-refractivity contribution in [1.29, 1.82) is 0 Å². The van der Waals surface area contributed by atoms with Crippen molar-refractivity contribution in [3.8, 4) is 11.5 Å². The van der Waals surface area contributed by atoms with Gasteiger partial charge in [-0.3, -0.25) is 10.1 Å². The van der Waals surface area contributed by atoms with Crippen LogP contribution in [0, 0.1) is 10.1 Å². The number of ether oxygens (including phenoxy) is 2. The van der Waals surface area contributed by atoms with Gasteiger partial charge in [0.15, 0.2) is 0 Å². The highest BCUT2D eigenvalue weighted by atomic mass is 16.6. The van der Waals surface area contributed by atoms with Gasteiger partial charge in [0.2, 0.25) is 0 Å². The second-order valence-electron chi connectivity index (χ2n) is 6.19. The first-order valence-corrected chi connectivity index (χ1v) is 9.00.